The van der Waals surface area contributed by atoms with Gasteiger partial charge in [-0.05, 0) is 18.4 Å². The molecule has 17 heavy (non-hydrogen) atoms. The number of rotatable bonds is 3. The third-order valence-corrected chi connectivity index (χ3v) is 3.64. The van der Waals surface area contributed by atoms with Crippen molar-refractivity contribution in [2.24, 2.45) is 0 Å². The SMILES string of the molecule is Cc1nc(C(=O)Nc2ccsc2C(=O)O)cs1. The van der Waals surface area contributed by atoms with Gasteiger partial charge >= 0.3 is 5.97 Å². The fraction of sp³-hybridized carbons (Fsp3) is 0.100. The van der Waals surface area contributed by atoms with Crippen molar-refractivity contribution in [3.05, 3.63) is 32.4 Å². The van der Waals surface area contributed by atoms with Crippen molar-refractivity contribution < 1.29 is 14.7 Å². The number of amides is 1. The summed E-state index contributed by atoms with van der Waals surface area (Å²) in [5, 5.41) is 15.5. The first-order chi connectivity index (χ1) is 8.08. The summed E-state index contributed by atoms with van der Waals surface area (Å²) < 4.78 is 0. The van der Waals surface area contributed by atoms with Crippen LogP contribution in [-0.4, -0.2) is 22.0 Å². The number of carbonyl (C=O) groups is 2. The predicted octanol–water partition coefficient (Wildman–Crippen LogP) is 2.46. The summed E-state index contributed by atoms with van der Waals surface area (Å²) in [5.41, 5.74) is 0.605. The van der Waals surface area contributed by atoms with Crippen LogP contribution in [0.25, 0.3) is 0 Å². The normalized spacial score (nSPS) is 10.2. The van der Waals surface area contributed by atoms with Gasteiger partial charge in [-0.2, -0.15) is 0 Å². The number of nitrogens with one attached hydrogen (secondary N) is 1. The van der Waals surface area contributed by atoms with Crippen molar-refractivity contribution in [3.8, 4) is 0 Å². The van der Waals surface area contributed by atoms with Crippen molar-refractivity contribution in [3.63, 3.8) is 0 Å². The van der Waals surface area contributed by atoms with E-state index in [1.54, 1.807) is 23.8 Å². The van der Waals surface area contributed by atoms with Crippen molar-refractivity contribution in [1.29, 1.82) is 0 Å². The van der Waals surface area contributed by atoms with E-state index in [2.05, 4.69) is 10.3 Å². The monoisotopic (exact) mass is 268 g/mol. The molecule has 2 rings (SSSR count). The second kappa shape index (κ2) is 4.64. The molecule has 2 aromatic rings. The molecule has 7 heteroatoms. The predicted molar refractivity (Wildman–Crippen MR) is 66.1 cm³/mol. The highest BCUT2D eigenvalue weighted by atomic mass is 32.1. The highest BCUT2D eigenvalue weighted by molar-refractivity contribution is 7.12. The first-order valence-electron chi connectivity index (χ1n) is 4.62. The lowest BCUT2D eigenvalue weighted by Crippen LogP contribution is -2.13. The van der Waals surface area contributed by atoms with Crippen molar-refractivity contribution in [2.45, 2.75) is 6.92 Å². The van der Waals surface area contributed by atoms with Gasteiger partial charge in [-0.25, -0.2) is 9.78 Å². The van der Waals surface area contributed by atoms with E-state index in [4.69, 9.17) is 5.11 Å². The second-order valence-corrected chi connectivity index (χ2v) is 5.15. The van der Waals surface area contributed by atoms with Crippen molar-refractivity contribution in [1.82, 2.24) is 4.98 Å². The quantitative estimate of drug-likeness (QED) is 0.896. The standard InChI is InChI=1S/C10H8N2O3S2/c1-5-11-7(4-17-5)9(13)12-6-2-3-16-8(6)10(14)15/h2-4H,1H3,(H,12,13)(H,14,15). The maximum atomic E-state index is 11.7. The molecular formula is C10H8N2O3S2. The molecule has 0 spiro atoms. The van der Waals surface area contributed by atoms with Gasteiger partial charge in [0.25, 0.3) is 5.91 Å². The minimum absolute atomic E-state index is 0.116. The van der Waals surface area contributed by atoms with Gasteiger partial charge in [-0.1, -0.05) is 0 Å². The number of thiophene rings is 1. The molecule has 0 saturated carbocycles. The number of aromatic nitrogens is 1. The number of hydrogen-bond donors (Lipinski definition) is 2. The second-order valence-electron chi connectivity index (χ2n) is 3.17. The average Bonchev–Trinajstić information content (AvgIpc) is 2.86. The molecule has 0 atom stereocenters. The lowest BCUT2D eigenvalue weighted by atomic mass is 10.3. The molecule has 0 aliphatic heterocycles. The average molecular weight is 268 g/mol. The molecule has 0 aromatic carbocycles. The van der Waals surface area contributed by atoms with E-state index in [9.17, 15) is 9.59 Å². The zero-order valence-corrected chi connectivity index (χ0v) is 10.4. The largest absolute Gasteiger partial charge is 0.477 e. The van der Waals surface area contributed by atoms with Crippen LogP contribution in [0.15, 0.2) is 16.8 Å². The summed E-state index contributed by atoms with van der Waals surface area (Å²) in [6.07, 6.45) is 0. The highest BCUT2D eigenvalue weighted by Gasteiger charge is 2.16. The number of aromatic carboxylic acids is 1. The Labute approximate surface area is 105 Å². The Kier molecular flexibility index (Phi) is 3.21. The van der Waals surface area contributed by atoms with Crippen LogP contribution in [0.4, 0.5) is 5.69 Å². The van der Waals surface area contributed by atoms with Crippen LogP contribution >= 0.6 is 22.7 Å². The maximum Gasteiger partial charge on any atom is 0.348 e. The Hall–Kier alpha value is -1.73. The van der Waals surface area contributed by atoms with Crippen LogP contribution in [0.5, 0.6) is 0 Å². The molecule has 1 amide bonds. The summed E-state index contributed by atoms with van der Waals surface area (Å²) >= 11 is 2.44. The minimum Gasteiger partial charge on any atom is -0.477 e. The molecule has 0 aliphatic carbocycles. The van der Waals surface area contributed by atoms with Crippen molar-refractivity contribution in [2.75, 3.05) is 5.32 Å². The summed E-state index contributed by atoms with van der Waals surface area (Å²) in [6, 6.07) is 1.56. The van der Waals surface area contributed by atoms with E-state index >= 15 is 0 Å². The molecule has 88 valence electrons. The van der Waals surface area contributed by atoms with Gasteiger partial charge in [-0.3, -0.25) is 4.79 Å². The number of carbonyl (C=O) groups excluding carboxylic acids is 1. The zero-order valence-electron chi connectivity index (χ0n) is 8.76. The van der Waals surface area contributed by atoms with E-state index in [0.29, 0.717) is 11.4 Å². The molecule has 5 nitrogen and oxygen atoms in total. The fourth-order valence-electron chi connectivity index (χ4n) is 1.23. The summed E-state index contributed by atoms with van der Waals surface area (Å²) in [6.45, 7) is 1.80. The molecule has 0 radical (unpaired) electrons. The van der Waals surface area contributed by atoms with E-state index in [1.807, 2.05) is 0 Å². The van der Waals surface area contributed by atoms with Crippen LogP contribution in [0.1, 0.15) is 25.2 Å². The fourth-order valence-corrected chi connectivity index (χ4v) is 2.51. The number of thiazole rings is 1. The van der Waals surface area contributed by atoms with Gasteiger partial charge in [0.05, 0.1) is 10.7 Å². The number of hydrogen-bond acceptors (Lipinski definition) is 5. The van der Waals surface area contributed by atoms with Crippen LogP contribution in [0, 0.1) is 6.92 Å². The lowest BCUT2D eigenvalue weighted by Gasteiger charge is -2.01. The Morgan fingerprint density at radius 3 is 2.76 bits per heavy atom. The summed E-state index contributed by atoms with van der Waals surface area (Å²) in [4.78, 5) is 26.7. The van der Waals surface area contributed by atoms with Crippen LogP contribution in [0.2, 0.25) is 0 Å². The minimum atomic E-state index is -1.05. The lowest BCUT2D eigenvalue weighted by molar-refractivity contribution is 0.0703. The van der Waals surface area contributed by atoms with Crippen LogP contribution in [-0.2, 0) is 0 Å². The number of aryl methyl sites for hydroxylation is 1. The van der Waals surface area contributed by atoms with E-state index in [1.165, 1.54) is 11.3 Å². The Morgan fingerprint density at radius 2 is 2.18 bits per heavy atom. The van der Waals surface area contributed by atoms with E-state index in [0.717, 1.165) is 16.3 Å². The number of nitrogens with zero attached hydrogens (tertiary/aromatic N) is 1. The molecule has 0 aliphatic rings. The first kappa shape index (κ1) is 11.7. The van der Waals surface area contributed by atoms with Crippen LogP contribution < -0.4 is 5.32 Å². The Morgan fingerprint density at radius 1 is 1.41 bits per heavy atom. The van der Waals surface area contributed by atoms with E-state index in [-0.39, 0.29) is 4.88 Å². The van der Waals surface area contributed by atoms with Gasteiger partial charge in [0, 0.05) is 5.38 Å². The van der Waals surface area contributed by atoms with Gasteiger partial charge in [0.1, 0.15) is 10.6 Å². The van der Waals surface area contributed by atoms with Gasteiger partial charge < -0.3 is 10.4 Å². The summed E-state index contributed by atoms with van der Waals surface area (Å²) in [7, 11) is 0. The Bertz CT molecular complexity index is 574. The smallest absolute Gasteiger partial charge is 0.348 e. The topological polar surface area (TPSA) is 79.3 Å². The van der Waals surface area contributed by atoms with Crippen LogP contribution in [0.3, 0.4) is 0 Å². The zero-order chi connectivity index (χ0) is 12.4. The molecule has 2 heterocycles. The molecule has 2 N–H and O–H groups in total. The molecule has 0 unspecified atom stereocenters. The number of carboxylic acid groups (broad SMARTS) is 1. The highest BCUT2D eigenvalue weighted by Crippen LogP contribution is 2.22. The van der Waals surface area contributed by atoms with Gasteiger partial charge in [0.15, 0.2) is 0 Å². The molecule has 2 aromatic heterocycles. The first-order valence-corrected chi connectivity index (χ1v) is 6.38. The third kappa shape index (κ3) is 2.51. The van der Waals surface area contributed by atoms with Gasteiger partial charge in [0.2, 0.25) is 0 Å². The Balaban J connectivity index is 2.18. The number of carboxylic acids is 1. The molecule has 0 bridgehead atoms. The van der Waals surface area contributed by atoms with Crippen molar-refractivity contribution >= 4 is 40.2 Å². The summed E-state index contributed by atoms with van der Waals surface area (Å²) in [5.74, 6) is -1.44. The molecule has 0 saturated heterocycles. The third-order valence-electron chi connectivity index (χ3n) is 1.96. The van der Waals surface area contributed by atoms with E-state index < -0.39 is 11.9 Å². The van der Waals surface area contributed by atoms with Gasteiger partial charge in [-0.15, -0.1) is 22.7 Å². The molecule has 0 fully saturated rings. The maximum absolute atomic E-state index is 11.7. The number of anilines is 1. The molecular weight excluding hydrogens is 260 g/mol.